The highest BCUT2D eigenvalue weighted by molar-refractivity contribution is 6.45. The Balaban J connectivity index is 1.62. The number of halogens is 2. The van der Waals surface area contributed by atoms with Crippen molar-refractivity contribution in [3.63, 3.8) is 0 Å². The van der Waals surface area contributed by atoms with Gasteiger partial charge in [-0.3, -0.25) is 0 Å². The van der Waals surface area contributed by atoms with Crippen molar-refractivity contribution in [3.05, 3.63) is 52.8 Å². The first-order chi connectivity index (χ1) is 13.2. The molecule has 1 aliphatic heterocycles. The van der Waals surface area contributed by atoms with Crippen LogP contribution in [0.2, 0.25) is 10.0 Å². The molecule has 0 spiro atoms. The Bertz CT molecular complexity index is 1090. The fourth-order valence-electron chi connectivity index (χ4n) is 3.50. The molecular weight excluding hydrogens is 387 g/mol. The second-order valence-electron chi connectivity index (χ2n) is 6.43. The van der Waals surface area contributed by atoms with Crippen LogP contribution in [-0.2, 0) is 0 Å². The molecule has 1 N–H and O–H groups in total. The quantitative estimate of drug-likeness (QED) is 0.567. The molecule has 1 saturated heterocycles. The molecule has 4 heterocycles. The monoisotopic (exact) mass is 400 g/mol. The molecule has 0 amide bonds. The lowest BCUT2D eigenvalue weighted by Crippen LogP contribution is -2.21. The van der Waals surface area contributed by atoms with E-state index in [2.05, 4.69) is 30.5 Å². The Hall–Kier alpha value is -2.71. The number of tetrazole rings is 1. The van der Waals surface area contributed by atoms with Crippen LogP contribution in [0.5, 0.6) is 0 Å². The highest BCUT2D eigenvalue weighted by Crippen LogP contribution is 2.36. The molecule has 4 aromatic rings. The summed E-state index contributed by atoms with van der Waals surface area (Å²) in [5.74, 6) is 1.78. The average Bonchev–Trinajstić information content (AvgIpc) is 3.45. The summed E-state index contributed by atoms with van der Waals surface area (Å²) in [4.78, 5) is 11.2. The molecule has 1 aromatic carbocycles. The molecular formula is C17H14Cl2N8. The third-order valence-corrected chi connectivity index (χ3v) is 5.65. The molecule has 136 valence electrons. The molecule has 0 bridgehead atoms. The van der Waals surface area contributed by atoms with Crippen LogP contribution in [0.3, 0.4) is 0 Å². The number of nitrogens with one attached hydrogen (secondary N) is 1. The molecule has 1 atom stereocenters. The van der Waals surface area contributed by atoms with Gasteiger partial charge in [-0.1, -0.05) is 28.4 Å². The van der Waals surface area contributed by atoms with E-state index >= 15 is 0 Å². The SMILES string of the molecule is Clc1ccc2c(-n3ccnc3)cc(N3CCC(c4nn[nH]n4)C3)nc2c1Cl. The average molecular weight is 401 g/mol. The first-order valence-electron chi connectivity index (χ1n) is 8.46. The van der Waals surface area contributed by atoms with Crippen molar-refractivity contribution < 1.29 is 0 Å². The number of fused-ring (bicyclic) bond motifs is 1. The summed E-state index contributed by atoms with van der Waals surface area (Å²) < 4.78 is 1.95. The van der Waals surface area contributed by atoms with Gasteiger partial charge in [0, 0.05) is 42.9 Å². The number of aromatic nitrogens is 7. The minimum absolute atomic E-state index is 0.216. The van der Waals surface area contributed by atoms with Crippen LogP contribution in [0.25, 0.3) is 16.6 Å². The third kappa shape index (κ3) is 2.81. The van der Waals surface area contributed by atoms with E-state index in [1.807, 2.05) is 22.9 Å². The van der Waals surface area contributed by atoms with Crippen LogP contribution in [0.4, 0.5) is 5.82 Å². The maximum Gasteiger partial charge on any atom is 0.179 e. The van der Waals surface area contributed by atoms with E-state index in [4.69, 9.17) is 28.2 Å². The van der Waals surface area contributed by atoms with Crippen LogP contribution in [0.1, 0.15) is 18.2 Å². The maximum absolute atomic E-state index is 6.48. The summed E-state index contributed by atoms with van der Waals surface area (Å²) in [6, 6.07) is 5.77. The number of hydrogen-bond donors (Lipinski definition) is 1. The molecule has 8 nitrogen and oxygen atoms in total. The van der Waals surface area contributed by atoms with Gasteiger partial charge < -0.3 is 9.47 Å². The number of pyridine rings is 1. The Morgan fingerprint density at radius 2 is 2.15 bits per heavy atom. The molecule has 0 radical (unpaired) electrons. The highest BCUT2D eigenvalue weighted by Gasteiger charge is 2.28. The number of nitrogens with zero attached hydrogens (tertiary/aromatic N) is 7. The van der Waals surface area contributed by atoms with Gasteiger partial charge in [0.1, 0.15) is 5.82 Å². The maximum atomic E-state index is 6.48. The third-order valence-electron chi connectivity index (χ3n) is 4.86. The minimum atomic E-state index is 0.216. The first-order valence-corrected chi connectivity index (χ1v) is 9.21. The Kier molecular flexibility index (Phi) is 3.95. The van der Waals surface area contributed by atoms with Gasteiger partial charge in [0.2, 0.25) is 0 Å². The van der Waals surface area contributed by atoms with Crippen LogP contribution in [0.15, 0.2) is 36.9 Å². The number of benzene rings is 1. The standard InChI is InChI=1S/C17H14Cl2N8/c18-12-2-1-11-13(27-6-4-20-9-27)7-14(21-16(11)15(12)19)26-5-3-10(8-26)17-22-24-25-23-17/h1-2,4,6-7,9-10H,3,5,8H2,(H,22,23,24,25). The van der Waals surface area contributed by atoms with E-state index in [1.54, 1.807) is 18.6 Å². The molecule has 1 aliphatic rings. The zero-order valence-electron chi connectivity index (χ0n) is 14.0. The first kappa shape index (κ1) is 16.5. The lowest BCUT2D eigenvalue weighted by molar-refractivity contribution is 0.711. The fraction of sp³-hybridized carbons (Fsp3) is 0.235. The van der Waals surface area contributed by atoms with Gasteiger partial charge in [-0.2, -0.15) is 5.21 Å². The van der Waals surface area contributed by atoms with Crippen LogP contribution >= 0.6 is 23.2 Å². The van der Waals surface area contributed by atoms with E-state index in [0.717, 1.165) is 42.2 Å². The lowest BCUT2D eigenvalue weighted by Gasteiger charge is -2.20. The topological polar surface area (TPSA) is 88.4 Å². The van der Waals surface area contributed by atoms with E-state index in [1.165, 1.54) is 0 Å². The molecule has 1 fully saturated rings. The summed E-state index contributed by atoms with van der Waals surface area (Å²) in [6.07, 6.45) is 6.33. The van der Waals surface area contributed by atoms with Crippen molar-refractivity contribution in [3.8, 4) is 5.69 Å². The van der Waals surface area contributed by atoms with Gasteiger partial charge in [0.25, 0.3) is 0 Å². The summed E-state index contributed by atoms with van der Waals surface area (Å²) in [5, 5.41) is 16.3. The van der Waals surface area contributed by atoms with Gasteiger partial charge in [0.05, 0.1) is 27.6 Å². The van der Waals surface area contributed by atoms with Gasteiger partial charge in [-0.15, -0.1) is 10.2 Å². The van der Waals surface area contributed by atoms with Crippen LogP contribution in [0, 0.1) is 0 Å². The Morgan fingerprint density at radius 3 is 2.93 bits per heavy atom. The highest BCUT2D eigenvalue weighted by atomic mass is 35.5. The van der Waals surface area contributed by atoms with Gasteiger partial charge in [-0.25, -0.2) is 9.97 Å². The smallest absolute Gasteiger partial charge is 0.179 e. The molecule has 5 rings (SSSR count). The zero-order valence-corrected chi connectivity index (χ0v) is 15.6. The van der Waals surface area contributed by atoms with Crippen molar-refractivity contribution in [2.45, 2.75) is 12.3 Å². The minimum Gasteiger partial charge on any atom is -0.356 e. The number of aromatic amines is 1. The normalized spacial score (nSPS) is 17.1. The second kappa shape index (κ2) is 6.47. The summed E-state index contributed by atoms with van der Waals surface area (Å²) in [5.41, 5.74) is 1.63. The lowest BCUT2D eigenvalue weighted by atomic mass is 10.1. The Morgan fingerprint density at radius 1 is 1.22 bits per heavy atom. The summed E-state index contributed by atoms with van der Waals surface area (Å²) >= 11 is 12.7. The summed E-state index contributed by atoms with van der Waals surface area (Å²) in [6.45, 7) is 1.61. The van der Waals surface area contributed by atoms with Crippen molar-refractivity contribution in [2.24, 2.45) is 0 Å². The van der Waals surface area contributed by atoms with Crippen molar-refractivity contribution >= 4 is 39.9 Å². The van der Waals surface area contributed by atoms with E-state index < -0.39 is 0 Å². The molecule has 0 aliphatic carbocycles. The van der Waals surface area contributed by atoms with Crippen LogP contribution < -0.4 is 4.90 Å². The largest absolute Gasteiger partial charge is 0.356 e. The number of anilines is 1. The number of rotatable bonds is 3. The van der Waals surface area contributed by atoms with Gasteiger partial charge in [-0.05, 0) is 18.6 Å². The molecule has 3 aromatic heterocycles. The van der Waals surface area contributed by atoms with Gasteiger partial charge in [0.15, 0.2) is 5.82 Å². The molecule has 10 heteroatoms. The fourth-order valence-corrected chi connectivity index (χ4v) is 3.86. The Labute approximate surface area is 164 Å². The second-order valence-corrected chi connectivity index (χ2v) is 7.21. The predicted molar refractivity (Wildman–Crippen MR) is 103 cm³/mol. The van der Waals surface area contributed by atoms with E-state index in [9.17, 15) is 0 Å². The van der Waals surface area contributed by atoms with Crippen LogP contribution in [-0.4, -0.2) is 48.2 Å². The zero-order chi connectivity index (χ0) is 18.4. The van der Waals surface area contributed by atoms with Gasteiger partial charge >= 0.3 is 0 Å². The van der Waals surface area contributed by atoms with E-state index in [-0.39, 0.29) is 5.92 Å². The molecule has 0 saturated carbocycles. The predicted octanol–water partition coefficient (Wildman–Crippen LogP) is 3.23. The van der Waals surface area contributed by atoms with Crippen molar-refractivity contribution in [2.75, 3.05) is 18.0 Å². The molecule has 1 unspecified atom stereocenters. The molecule has 27 heavy (non-hydrogen) atoms. The van der Waals surface area contributed by atoms with Crippen molar-refractivity contribution in [1.82, 2.24) is 35.2 Å². The summed E-state index contributed by atoms with van der Waals surface area (Å²) in [7, 11) is 0. The number of H-pyrrole nitrogens is 1. The van der Waals surface area contributed by atoms with Crippen molar-refractivity contribution in [1.29, 1.82) is 0 Å². The van der Waals surface area contributed by atoms with E-state index in [0.29, 0.717) is 15.6 Å². The number of hydrogen-bond acceptors (Lipinski definition) is 6. The number of imidazole rings is 1.